The lowest BCUT2D eigenvalue weighted by Crippen LogP contribution is -2.58. The van der Waals surface area contributed by atoms with Crippen LogP contribution in [0.4, 0.5) is 0 Å². The summed E-state index contributed by atoms with van der Waals surface area (Å²) in [5, 5.41) is 24.4. The maximum absolute atomic E-state index is 12.2. The second-order valence-corrected chi connectivity index (χ2v) is 14.0. The van der Waals surface area contributed by atoms with Crippen molar-refractivity contribution in [1.29, 1.82) is 0 Å². The lowest BCUT2D eigenvalue weighted by molar-refractivity contribution is -0.174. The van der Waals surface area contributed by atoms with Crippen molar-refractivity contribution in [3.8, 4) is 0 Å². The molecule has 3 N–H and O–H groups in total. The van der Waals surface area contributed by atoms with Gasteiger partial charge in [0.1, 0.15) is 0 Å². The summed E-state index contributed by atoms with van der Waals surface area (Å²) in [5.41, 5.74) is 0.0922. The summed E-state index contributed by atoms with van der Waals surface area (Å²) < 4.78 is 32.2. The monoisotopic (exact) mass is 498 g/mol. The van der Waals surface area contributed by atoms with Crippen molar-refractivity contribution in [3.05, 3.63) is 0 Å². The quantitative estimate of drug-likeness (QED) is 0.463. The summed E-state index contributed by atoms with van der Waals surface area (Å²) in [6.07, 6.45) is 8.85. The van der Waals surface area contributed by atoms with Crippen LogP contribution in [-0.4, -0.2) is 53.6 Å². The minimum atomic E-state index is -4.32. The van der Waals surface area contributed by atoms with Crippen molar-refractivity contribution in [2.75, 3.05) is 12.3 Å². The van der Waals surface area contributed by atoms with Crippen LogP contribution >= 0.6 is 0 Å². The predicted molar refractivity (Wildman–Crippen MR) is 129 cm³/mol. The van der Waals surface area contributed by atoms with Crippen molar-refractivity contribution < 1.29 is 28.0 Å². The molecule has 0 aromatic carbocycles. The molecule has 0 spiro atoms. The zero-order chi connectivity index (χ0) is 24.9. The topological polar surface area (TPSA) is 127 Å². The van der Waals surface area contributed by atoms with E-state index in [2.05, 4.69) is 26.1 Å². The Bertz CT molecular complexity index is 863. The number of hydrogen-bond donors (Lipinski definition) is 3. The van der Waals surface area contributed by atoms with E-state index in [9.17, 15) is 28.0 Å². The van der Waals surface area contributed by atoms with Gasteiger partial charge in [-0.25, -0.2) is 8.42 Å². The molecule has 4 aliphatic carbocycles. The second-order valence-electron chi connectivity index (χ2n) is 12.5. The number of nitrogens with one attached hydrogen (secondary N) is 1. The van der Waals surface area contributed by atoms with Crippen molar-refractivity contribution in [3.63, 3.8) is 0 Å². The average Bonchev–Trinajstić information content (AvgIpc) is 3.11. The van der Waals surface area contributed by atoms with E-state index < -0.39 is 15.9 Å². The first-order valence-electron chi connectivity index (χ1n) is 13.4. The smallest absolute Gasteiger partial charge is 0.220 e. The maximum atomic E-state index is 12.2. The summed E-state index contributed by atoms with van der Waals surface area (Å²) >= 11 is 0. The van der Waals surface area contributed by atoms with Gasteiger partial charge >= 0.3 is 0 Å². The number of amides is 1. The fourth-order valence-corrected chi connectivity index (χ4v) is 9.48. The molecule has 0 saturated heterocycles. The van der Waals surface area contributed by atoms with Gasteiger partial charge < -0.3 is 20.1 Å². The molecule has 0 aromatic heterocycles. The summed E-state index contributed by atoms with van der Waals surface area (Å²) in [4.78, 5) is 12.2. The molecule has 4 aliphatic rings. The van der Waals surface area contributed by atoms with Crippen LogP contribution in [0, 0.1) is 46.3 Å². The van der Waals surface area contributed by atoms with Crippen LogP contribution in [0.3, 0.4) is 0 Å². The second kappa shape index (κ2) is 9.64. The van der Waals surface area contributed by atoms with Gasteiger partial charge in [-0.15, -0.1) is 0 Å². The first-order valence-corrected chi connectivity index (χ1v) is 15.0. The van der Waals surface area contributed by atoms with E-state index in [0.717, 1.165) is 38.5 Å². The lowest BCUT2D eigenvalue weighted by atomic mass is 9.43. The number of aliphatic hydroxyl groups excluding tert-OH is 2. The molecular weight excluding hydrogens is 454 g/mol. The van der Waals surface area contributed by atoms with Crippen LogP contribution in [0.5, 0.6) is 0 Å². The molecule has 34 heavy (non-hydrogen) atoms. The van der Waals surface area contributed by atoms with Gasteiger partial charge in [0.2, 0.25) is 5.91 Å². The number of hydrogen-bond acceptors (Lipinski definition) is 6. The molecule has 10 atom stereocenters. The molecule has 0 aromatic rings. The molecule has 0 heterocycles. The maximum Gasteiger partial charge on any atom is 0.220 e. The van der Waals surface area contributed by atoms with E-state index in [-0.39, 0.29) is 41.4 Å². The van der Waals surface area contributed by atoms with Crippen LogP contribution in [-0.2, 0) is 14.9 Å². The van der Waals surface area contributed by atoms with Crippen LogP contribution in [0.25, 0.3) is 0 Å². The number of aliphatic hydroxyl groups is 2. The van der Waals surface area contributed by atoms with Gasteiger partial charge in [-0.1, -0.05) is 20.8 Å². The predicted octanol–water partition coefficient (Wildman–Crippen LogP) is 3.05. The highest BCUT2D eigenvalue weighted by atomic mass is 32.2. The van der Waals surface area contributed by atoms with E-state index in [1.165, 1.54) is 12.8 Å². The van der Waals surface area contributed by atoms with Crippen molar-refractivity contribution in [2.45, 2.75) is 97.2 Å². The molecule has 4 rings (SSSR count). The summed E-state index contributed by atoms with van der Waals surface area (Å²) in [5.74, 6) is 2.10. The number of carbonyl (C=O) groups excluding carboxylic acids is 1. The van der Waals surface area contributed by atoms with Gasteiger partial charge in [0.05, 0.1) is 28.1 Å². The van der Waals surface area contributed by atoms with Gasteiger partial charge in [-0.2, -0.15) is 0 Å². The Labute approximate surface area is 205 Å². The highest BCUT2D eigenvalue weighted by Gasteiger charge is 2.63. The summed E-state index contributed by atoms with van der Waals surface area (Å²) in [6.45, 7) is 6.78. The summed E-state index contributed by atoms with van der Waals surface area (Å²) in [6, 6.07) is 0. The van der Waals surface area contributed by atoms with E-state index in [1.807, 2.05) is 0 Å². The Kier molecular flexibility index (Phi) is 7.47. The van der Waals surface area contributed by atoms with Gasteiger partial charge in [-0.3, -0.25) is 4.79 Å². The Morgan fingerprint density at radius 2 is 1.82 bits per heavy atom. The molecule has 196 valence electrons. The van der Waals surface area contributed by atoms with Crippen LogP contribution < -0.4 is 5.32 Å². The minimum Gasteiger partial charge on any atom is -0.748 e. The minimum absolute atomic E-state index is 0.134. The highest BCUT2D eigenvalue weighted by molar-refractivity contribution is 7.85. The van der Waals surface area contributed by atoms with Crippen molar-refractivity contribution in [2.24, 2.45) is 46.3 Å². The van der Waals surface area contributed by atoms with Gasteiger partial charge in [-0.05, 0) is 104 Å². The Hall–Kier alpha value is -0.700. The number of carbonyl (C=O) groups is 1. The molecule has 0 radical (unpaired) electrons. The molecule has 7 nitrogen and oxygen atoms in total. The fourth-order valence-electron chi connectivity index (χ4n) is 9.12. The zero-order valence-corrected chi connectivity index (χ0v) is 21.9. The largest absolute Gasteiger partial charge is 0.748 e. The van der Waals surface area contributed by atoms with Crippen LogP contribution in [0.1, 0.15) is 85.0 Å². The zero-order valence-electron chi connectivity index (χ0n) is 21.0. The number of rotatable bonds is 7. The lowest BCUT2D eigenvalue weighted by Gasteiger charge is -2.62. The Morgan fingerprint density at radius 3 is 2.53 bits per heavy atom. The fraction of sp³-hybridized carbons (Fsp3) is 0.962. The molecule has 1 amide bonds. The molecule has 8 heteroatoms. The normalized spacial score (nSPS) is 45.1. The highest BCUT2D eigenvalue weighted by Crippen LogP contribution is 2.68. The number of fused-ring (bicyclic) bond motifs is 5. The van der Waals surface area contributed by atoms with Crippen molar-refractivity contribution in [1.82, 2.24) is 5.32 Å². The molecular formula is C26H44NO6S-. The van der Waals surface area contributed by atoms with Crippen LogP contribution in [0.15, 0.2) is 0 Å². The van der Waals surface area contributed by atoms with E-state index in [0.29, 0.717) is 42.4 Å². The molecule has 4 fully saturated rings. The van der Waals surface area contributed by atoms with E-state index in [1.54, 1.807) is 0 Å². The Balaban J connectivity index is 1.40. The molecule has 0 aliphatic heterocycles. The Morgan fingerprint density at radius 1 is 1.09 bits per heavy atom. The standard InChI is InChI=1S/C26H45NO6S/c1-16(4-9-24(30)27-12-13-34(31,32)33)20-7-8-21-19-6-5-17-14-18(28)10-11-25(17,2)22(19)15-23(29)26(20,21)3/h16-23,28-29H,4-15H2,1-3H3,(H,27,30)(H,31,32,33)/p-1/t16-,17-,18-,19+,20-,21+,22+,23+,25+,26-/m1/s1. The third-order valence-electron chi connectivity index (χ3n) is 11.0. The molecule has 0 bridgehead atoms. The third kappa shape index (κ3) is 4.81. The SMILES string of the molecule is C[C@H](CCC(=O)NCCS(=O)(=O)[O-])[C@H]1CC[C@H]2[C@@H]3CC[C@@H]4C[C@H](O)CC[C@]4(C)[C@H]3C[C@H](O)[C@]12C. The van der Waals surface area contributed by atoms with Gasteiger partial charge in [0.25, 0.3) is 0 Å². The first kappa shape index (κ1) is 26.4. The molecule has 0 unspecified atom stereocenters. The van der Waals surface area contributed by atoms with Gasteiger partial charge in [0, 0.05) is 13.0 Å². The van der Waals surface area contributed by atoms with Gasteiger partial charge in [0.15, 0.2) is 0 Å². The molecule has 4 saturated carbocycles. The van der Waals surface area contributed by atoms with E-state index in [4.69, 9.17) is 0 Å². The van der Waals surface area contributed by atoms with Crippen LogP contribution in [0.2, 0.25) is 0 Å². The first-order chi connectivity index (χ1) is 15.9. The third-order valence-corrected chi connectivity index (χ3v) is 11.7. The average molecular weight is 499 g/mol. The van der Waals surface area contributed by atoms with Crippen molar-refractivity contribution >= 4 is 16.0 Å². The summed E-state index contributed by atoms with van der Waals surface area (Å²) in [7, 11) is -4.32. The van der Waals surface area contributed by atoms with E-state index >= 15 is 0 Å².